The van der Waals surface area contributed by atoms with Gasteiger partial charge in [0.15, 0.2) is 0 Å². The van der Waals surface area contributed by atoms with Gasteiger partial charge in [-0.15, -0.1) is 0 Å². The fourth-order valence-electron chi connectivity index (χ4n) is 2.14. The summed E-state index contributed by atoms with van der Waals surface area (Å²) < 4.78 is 1.05. The molecule has 0 fully saturated rings. The van der Waals surface area contributed by atoms with Crippen molar-refractivity contribution in [3.63, 3.8) is 0 Å². The number of carboxylic acid groups (broad SMARTS) is 1. The second-order valence-corrected chi connectivity index (χ2v) is 6.78. The van der Waals surface area contributed by atoms with Crippen LogP contribution in [-0.2, 0) is 16.0 Å². The summed E-state index contributed by atoms with van der Waals surface area (Å²) >= 11 is 8.00. The minimum atomic E-state index is -1.25. The van der Waals surface area contributed by atoms with Crippen LogP contribution in [0.3, 0.4) is 0 Å². The van der Waals surface area contributed by atoms with Crippen molar-refractivity contribution in [3.05, 3.63) is 62.7 Å². The molecule has 0 spiro atoms. The van der Waals surface area contributed by atoms with Crippen LogP contribution in [-0.4, -0.2) is 11.9 Å². The highest BCUT2D eigenvalue weighted by Crippen LogP contribution is 2.18. The van der Waals surface area contributed by atoms with E-state index < -0.39 is 11.9 Å². The summed E-state index contributed by atoms with van der Waals surface area (Å²) in [5.41, 5.74) is 1.48. The number of carbonyl (C=O) groups is 2. The van der Waals surface area contributed by atoms with Crippen LogP contribution in [0.25, 0.3) is 0 Å². The fraction of sp³-hybridized carbons (Fsp3) is 0.176. The van der Waals surface area contributed by atoms with E-state index >= 15 is 0 Å². The Labute approximate surface area is 153 Å². The van der Waals surface area contributed by atoms with Gasteiger partial charge in [-0.25, -0.2) is 0 Å². The van der Waals surface area contributed by atoms with Gasteiger partial charge < -0.3 is 15.2 Å². The van der Waals surface area contributed by atoms with Crippen molar-refractivity contribution in [2.45, 2.75) is 12.8 Å². The summed E-state index contributed by atoms with van der Waals surface area (Å²) in [7, 11) is 0. The number of carboxylic acids is 1. The van der Waals surface area contributed by atoms with E-state index in [9.17, 15) is 14.7 Å². The number of halogens is 2. The van der Waals surface area contributed by atoms with E-state index in [0.717, 1.165) is 9.13 Å². The van der Waals surface area contributed by atoms with Crippen LogP contribution in [0.1, 0.15) is 12.0 Å². The van der Waals surface area contributed by atoms with Crippen LogP contribution < -0.4 is 10.4 Å². The fourth-order valence-corrected chi connectivity index (χ4v) is 2.63. The molecular formula is C17H14ClINO3-. The number of aliphatic carboxylic acids is 1. The normalized spacial score (nSPS) is 11.7. The number of benzene rings is 2. The van der Waals surface area contributed by atoms with Crippen molar-refractivity contribution in [1.29, 1.82) is 0 Å². The molecule has 6 heteroatoms. The molecule has 4 nitrogen and oxygen atoms in total. The summed E-state index contributed by atoms with van der Waals surface area (Å²) in [5.74, 6) is -2.30. The van der Waals surface area contributed by atoms with Crippen molar-refractivity contribution in [1.82, 2.24) is 0 Å². The van der Waals surface area contributed by atoms with Crippen molar-refractivity contribution in [3.8, 4) is 0 Å². The molecule has 0 bridgehead atoms. The molecule has 1 amide bonds. The topological polar surface area (TPSA) is 69.2 Å². The number of hydrogen-bond donors (Lipinski definition) is 1. The Balaban J connectivity index is 2.09. The summed E-state index contributed by atoms with van der Waals surface area (Å²) in [4.78, 5) is 23.3. The predicted octanol–water partition coefficient (Wildman–Crippen LogP) is 2.88. The highest BCUT2D eigenvalue weighted by atomic mass is 127. The van der Waals surface area contributed by atoms with Crippen LogP contribution in [0, 0.1) is 9.49 Å². The molecule has 0 aromatic heterocycles. The van der Waals surface area contributed by atoms with Crippen molar-refractivity contribution in [2.24, 2.45) is 5.92 Å². The molecule has 2 rings (SSSR count). The number of hydrogen-bond acceptors (Lipinski definition) is 3. The largest absolute Gasteiger partial charge is 0.550 e. The minimum absolute atomic E-state index is 0.307. The molecule has 0 saturated carbocycles. The van der Waals surface area contributed by atoms with E-state index in [4.69, 9.17) is 11.6 Å². The van der Waals surface area contributed by atoms with Gasteiger partial charge in [0, 0.05) is 26.2 Å². The zero-order valence-electron chi connectivity index (χ0n) is 12.1. The monoisotopic (exact) mass is 442 g/mol. The van der Waals surface area contributed by atoms with Crippen LogP contribution >= 0.6 is 34.2 Å². The maximum absolute atomic E-state index is 12.4. The highest BCUT2D eigenvalue weighted by Gasteiger charge is 2.19. The molecule has 2 aromatic carbocycles. The zero-order chi connectivity index (χ0) is 16.8. The summed E-state index contributed by atoms with van der Waals surface area (Å²) in [6.07, 6.45) is -0.0276. The standard InChI is InChI=1S/C17H15ClINO3/c18-13-3-1-11(2-4-13)9-12(10-16(21)22)17(23)20-15-7-5-14(19)6-8-15/h1-8,12H,9-10H2,(H,20,23)(H,21,22)/p-1/t12-/m0/s1. The van der Waals surface area contributed by atoms with E-state index in [1.54, 1.807) is 36.4 Å². The molecule has 0 radical (unpaired) electrons. The summed E-state index contributed by atoms with van der Waals surface area (Å²) in [6, 6.07) is 14.3. The molecule has 0 aliphatic rings. The van der Waals surface area contributed by atoms with Gasteiger partial charge in [-0.2, -0.15) is 0 Å². The minimum Gasteiger partial charge on any atom is -0.550 e. The van der Waals surface area contributed by atoms with Gasteiger partial charge in [0.1, 0.15) is 0 Å². The molecule has 0 saturated heterocycles. The van der Waals surface area contributed by atoms with Crippen LogP contribution in [0.5, 0.6) is 0 Å². The van der Waals surface area contributed by atoms with Gasteiger partial charge in [-0.05, 0) is 77.4 Å². The number of nitrogens with one attached hydrogen (secondary N) is 1. The van der Waals surface area contributed by atoms with Gasteiger partial charge in [0.25, 0.3) is 0 Å². The average Bonchev–Trinajstić information content (AvgIpc) is 2.50. The van der Waals surface area contributed by atoms with Crippen LogP contribution in [0.15, 0.2) is 48.5 Å². The molecule has 1 N–H and O–H groups in total. The lowest BCUT2D eigenvalue weighted by molar-refractivity contribution is -0.306. The first-order valence-electron chi connectivity index (χ1n) is 6.95. The highest BCUT2D eigenvalue weighted by molar-refractivity contribution is 14.1. The predicted molar refractivity (Wildman–Crippen MR) is 96.1 cm³/mol. The summed E-state index contributed by atoms with van der Waals surface area (Å²) in [6.45, 7) is 0. The Kier molecular flexibility index (Phi) is 6.41. The van der Waals surface area contributed by atoms with Crippen molar-refractivity contribution < 1.29 is 14.7 Å². The molecule has 0 unspecified atom stereocenters. The second kappa shape index (κ2) is 8.31. The van der Waals surface area contributed by atoms with Gasteiger partial charge in [0.2, 0.25) is 5.91 Å². The maximum atomic E-state index is 12.4. The molecule has 0 aliphatic heterocycles. The molecule has 0 heterocycles. The molecule has 0 aliphatic carbocycles. The third-order valence-electron chi connectivity index (χ3n) is 3.29. The van der Waals surface area contributed by atoms with Gasteiger partial charge in [0.05, 0.1) is 0 Å². The SMILES string of the molecule is O=C([O-])C[C@H](Cc1ccc(Cl)cc1)C(=O)Nc1ccc(I)cc1. The maximum Gasteiger partial charge on any atom is 0.228 e. The molecule has 120 valence electrons. The first-order chi connectivity index (χ1) is 10.9. The van der Waals surface area contributed by atoms with E-state index in [-0.39, 0.29) is 12.3 Å². The van der Waals surface area contributed by atoms with Crippen LogP contribution in [0.2, 0.25) is 5.02 Å². The Hall–Kier alpha value is -1.60. The first-order valence-corrected chi connectivity index (χ1v) is 8.40. The van der Waals surface area contributed by atoms with Gasteiger partial charge in [-0.3, -0.25) is 4.79 Å². The lowest BCUT2D eigenvalue weighted by Crippen LogP contribution is -2.32. The Morgan fingerprint density at radius 1 is 1.09 bits per heavy atom. The van der Waals surface area contributed by atoms with E-state index in [0.29, 0.717) is 17.1 Å². The number of carbonyl (C=O) groups excluding carboxylic acids is 2. The molecular weight excluding hydrogens is 429 g/mol. The van der Waals surface area contributed by atoms with E-state index in [1.807, 2.05) is 12.1 Å². The lowest BCUT2D eigenvalue weighted by Gasteiger charge is -2.17. The molecule has 2 aromatic rings. The van der Waals surface area contributed by atoms with Gasteiger partial charge >= 0.3 is 0 Å². The average molecular weight is 443 g/mol. The van der Waals surface area contributed by atoms with Crippen molar-refractivity contribution in [2.75, 3.05) is 5.32 Å². The Morgan fingerprint density at radius 3 is 2.26 bits per heavy atom. The number of rotatable bonds is 6. The first kappa shape index (κ1) is 17.7. The zero-order valence-corrected chi connectivity index (χ0v) is 15.0. The van der Waals surface area contributed by atoms with E-state index in [1.165, 1.54) is 0 Å². The van der Waals surface area contributed by atoms with Crippen LogP contribution in [0.4, 0.5) is 5.69 Å². The lowest BCUT2D eigenvalue weighted by atomic mass is 9.95. The molecule has 23 heavy (non-hydrogen) atoms. The van der Waals surface area contributed by atoms with E-state index in [2.05, 4.69) is 27.9 Å². The van der Waals surface area contributed by atoms with Crippen molar-refractivity contribution >= 4 is 51.8 Å². The quantitative estimate of drug-likeness (QED) is 0.700. The number of anilines is 1. The summed E-state index contributed by atoms with van der Waals surface area (Å²) in [5, 5.41) is 14.3. The van der Waals surface area contributed by atoms with Gasteiger partial charge in [-0.1, -0.05) is 23.7 Å². The third-order valence-corrected chi connectivity index (χ3v) is 4.26. The smallest absolute Gasteiger partial charge is 0.228 e. The number of amides is 1. The second-order valence-electron chi connectivity index (χ2n) is 5.10. The Morgan fingerprint density at radius 2 is 1.70 bits per heavy atom. The third kappa shape index (κ3) is 5.84. The molecule has 1 atom stereocenters. The Bertz CT molecular complexity index is 686.